The van der Waals surface area contributed by atoms with Gasteiger partial charge in [-0.25, -0.2) is 14.8 Å². The summed E-state index contributed by atoms with van der Waals surface area (Å²) in [5.41, 5.74) is 1.72. The average Bonchev–Trinajstić information content (AvgIpc) is 3.21. The van der Waals surface area contributed by atoms with Crippen LogP contribution >= 0.6 is 0 Å². The van der Waals surface area contributed by atoms with Crippen LogP contribution in [0.3, 0.4) is 0 Å². The van der Waals surface area contributed by atoms with Crippen molar-refractivity contribution in [3.63, 3.8) is 0 Å². The van der Waals surface area contributed by atoms with Gasteiger partial charge in [-0.15, -0.1) is 0 Å². The number of guanidine groups is 1. The Kier molecular flexibility index (Phi) is 6.89. The number of carbonyl (C=O) groups excluding carboxylic acids is 1. The van der Waals surface area contributed by atoms with Gasteiger partial charge in [0, 0.05) is 38.3 Å². The molecule has 8 nitrogen and oxygen atoms in total. The van der Waals surface area contributed by atoms with Crippen molar-refractivity contribution in [2.24, 2.45) is 4.99 Å². The number of aliphatic imine (C=N–C) groups is 1. The second-order valence-corrected chi connectivity index (χ2v) is 6.35. The molecule has 1 aromatic heterocycles. The van der Waals surface area contributed by atoms with Crippen LogP contribution in [0.1, 0.15) is 19.5 Å². The van der Waals surface area contributed by atoms with Gasteiger partial charge in [-0.2, -0.15) is 0 Å². The molecule has 1 N–H and O–H groups in total. The lowest BCUT2D eigenvalue weighted by molar-refractivity contribution is 0.0914. The minimum Gasteiger partial charge on any atom is -0.450 e. The molecule has 1 fully saturated rings. The Balaban J connectivity index is 1.61. The van der Waals surface area contributed by atoms with E-state index in [1.807, 2.05) is 44.2 Å². The third kappa shape index (κ3) is 5.03. The predicted octanol–water partition coefficient (Wildman–Crippen LogP) is 2.58. The Bertz CT molecular complexity index is 782. The van der Waals surface area contributed by atoms with E-state index < -0.39 is 0 Å². The largest absolute Gasteiger partial charge is 0.450 e. The van der Waals surface area contributed by atoms with E-state index in [2.05, 4.69) is 15.2 Å². The molecule has 2 aromatic rings. The van der Waals surface area contributed by atoms with Crippen LogP contribution < -0.4 is 5.32 Å². The fourth-order valence-electron chi connectivity index (χ4n) is 2.99. The van der Waals surface area contributed by atoms with E-state index in [1.54, 1.807) is 11.2 Å². The Labute approximate surface area is 165 Å². The van der Waals surface area contributed by atoms with Gasteiger partial charge in [0.05, 0.1) is 13.2 Å². The molecule has 1 aliphatic heterocycles. The Morgan fingerprint density at radius 2 is 1.89 bits per heavy atom. The first-order chi connectivity index (χ1) is 13.7. The monoisotopic (exact) mass is 385 g/mol. The minimum absolute atomic E-state index is 0.250. The van der Waals surface area contributed by atoms with Crippen LogP contribution in [-0.4, -0.2) is 66.2 Å². The van der Waals surface area contributed by atoms with Gasteiger partial charge < -0.3 is 24.3 Å². The molecule has 150 valence electrons. The zero-order valence-corrected chi connectivity index (χ0v) is 16.4. The van der Waals surface area contributed by atoms with Crippen LogP contribution in [-0.2, 0) is 11.3 Å². The van der Waals surface area contributed by atoms with Crippen molar-refractivity contribution in [1.82, 2.24) is 20.1 Å². The van der Waals surface area contributed by atoms with Crippen molar-refractivity contribution in [2.75, 3.05) is 39.3 Å². The molecular formula is C20H27N5O3. The fraction of sp³-hybridized carbons (Fsp3) is 0.450. The molecule has 1 amide bonds. The van der Waals surface area contributed by atoms with E-state index in [0.717, 1.165) is 23.8 Å². The van der Waals surface area contributed by atoms with E-state index in [0.29, 0.717) is 45.2 Å². The third-order valence-electron chi connectivity index (χ3n) is 4.40. The molecule has 0 radical (unpaired) electrons. The van der Waals surface area contributed by atoms with Gasteiger partial charge in [0.2, 0.25) is 5.89 Å². The lowest BCUT2D eigenvalue weighted by Gasteiger charge is -2.35. The highest BCUT2D eigenvalue weighted by Crippen LogP contribution is 2.18. The van der Waals surface area contributed by atoms with Gasteiger partial charge in [-0.3, -0.25) is 0 Å². The lowest BCUT2D eigenvalue weighted by atomic mass is 10.2. The standard InChI is InChI=1S/C20H27N5O3/c1-3-21-19(24-10-12-25(13-11-24)20(26)27-4-2)22-14-17-15-28-18(23-17)16-8-6-5-7-9-16/h5-9,15H,3-4,10-14H2,1-2H3,(H,21,22). The van der Waals surface area contributed by atoms with Gasteiger partial charge in [-0.1, -0.05) is 18.2 Å². The second kappa shape index (κ2) is 9.77. The highest BCUT2D eigenvalue weighted by molar-refractivity contribution is 5.80. The maximum absolute atomic E-state index is 11.9. The van der Waals surface area contributed by atoms with Crippen LogP contribution in [0.2, 0.25) is 0 Å². The number of oxazole rings is 1. The highest BCUT2D eigenvalue weighted by atomic mass is 16.6. The number of aromatic nitrogens is 1. The summed E-state index contributed by atoms with van der Waals surface area (Å²) >= 11 is 0. The summed E-state index contributed by atoms with van der Waals surface area (Å²) in [6.07, 6.45) is 1.40. The quantitative estimate of drug-likeness (QED) is 0.629. The number of benzene rings is 1. The number of rotatable bonds is 5. The maximum Gasteiger partial charge on any atom is 0.409 e. The molecule has 0 unspecified atom stereocenters. The van der Waals surface area contributed by atoms with Crippen LogP contribution in [0.4, 0.5) is 4.79 Å². The van der Waals surface area contributed by atoms with Crippen LogP contribution in [0.15, 0.2) is 46.0 Å². The number of piperazine rings is 1. The number of hydrogen-bond acceptors (Lipinski definition) is 5. The Morgan fingerprint density at radius 3 is 2.57 bits per heavy atom. The van der Waals surface area contributed by atoms with Gasteiger partial charge in [0.25, 0.3) is 0 Å². The summed E-state index contributed by atoms with van der Waals surface area (Å²) in [7, 11) is 0. The Hall–Kier alpha value is -3.03. The van der Waals surface area contributed by atoms with E-state index in [4.69, 9.17) is 14.1 Å². The number of hydrogen-bond donors (Lipinski definition) is 1. The number of ether oxygens (including phenoxy) is 1. The molecule has 1 aliphatic rings. The van der Waals surface area contributed by atoms with Crippen LogP contribution in [0.25, 0.3) is 11.5 Å². The third-order valence-corrected chi connectivity index (χ3v) is 4.40. The summed E-state index contributed by atoms with van der Waals surface area (Å²) < 4.78 is 10.7. The van der Waals surface area contributed by atoms with Crippen molar-refractivity contribution in [3.05, 3.63) is 42.3 Å². The zero-order valence-electron chi connectivity index (χ0n) is 16.4. The molecule has 0 aliphatic carbocycles. The minimum atomic E-state index is -0.250. The summed E-state index contributed by atoms with van der Waals surface area (Å²) in [6.45, 7) is 8.09. The molecule has 3 rings (SSSR count). The van der Waals surface area contributed by atoms with Crippen molar-refractivity contribution in [3.8, 4) is 11.5 Å². The molecular weight excluding hydrogens is 358 g/mol. The number of nitrogens with zero attached hydrogens (tertiary/aromatic N) is 4. The normalized spacial score (nSPS) is 14.9. The molecule has 8 heteroatoms. The van der Waals surface area contributed by atoms with Gasteiger partial charge in [0.15, 0.2) is 5.96 Å². The first-order valence-electron chi connectivity index (χ1n) is 9.66. The SMILES string of the molecule is CCNC(=NCc1coc(-c2ccccc2)n1)N1CCN(C(=O)OCC)CC1. The maximum atomic E-state index is 11.9. The van der Waals surface area contributed by atoms with E-state index in [-0.39, 0.29) is 6.09 Å². The van der Waals surface area contributed by atoms with Gasteiger partial charge in [0.1, 0.15) is 12.0 Å². The lowest BCUT2D eigenvalue weighted by Crippen LogP contribution is -2.53. The molecule has 1 aromatic carbocycles. The van der Waals surface area contributed by atoms with Crippen LogP contribution in [0.5, 0.6) is 0 Å². The molecule has 0 spiro atoms. The predicted molar refractivity (Wildman–Crippen MR) is 107 cm³/mol. The van der Waals surface area contributed by atoms with E-state index >= 15 is 0 Å². The molecule has 0 atom stereocenters. The average molecular weight is 385 g/mol. The highest BCUT2D eigenvalue weighted by Gasteiger charge is 2.23. The number of carbonyl (C=O) groups is 1. The van der Waals surface area contributed by atoms with Gasteiger partial charge >= 0.3 is 6.09 Å². The van der Waals surface area contributed by atoms with Gasteiger partial charge in [-0.05, 0) is 26.0 Å². The van der Waals surface area contributed by atoms with E-state index in [1.165, 1.54) is 0 Å². The molecule has 28 heavy (non-hydrogen) atoms. The Morgan fingerprint density at radius 1 is 1.18 bits per heavy atom. The summed E-state index contributed by atoms with van der Waals surface area (Å²) in [5.74, 6) is 1.41. The van der Waals surface area contributed by atoms with E-state index in [9.17, 15) is 4.79 Å². The summed E-state index contributed by atoms with van der Waals surface area (Å²) in [4.78, 5) is 24.9. The smallest absolute Gasteiger partial charge is 0.409 e. The van der Waals surface area contributed by atoms with Crippen LogP contribution in [0, 0.1) is 0 Å². The summed E-state index contributed by atoms with van der Waals surface area (Å²) in [6, 6.07) is 9.80. The molecule has 2 heterocycles. The molecule has 0 bridgehead atoms. The fourth-order valence-corrected chi connectivity index (χ4v) is 2.99. The number of nitrogens with one attached hydrogen (secondary N) is 1. The molecule has 1 saturated heterocycles. The zero-order chi connectivity index (χ0) is 19.8. The van der Waals surface area contributed by atoms with Crippen molar-refractivity contribution >= 4 is 12.1 Å². The van der Waals surface area contributed by atoms with Crippen molar-refractivity contribution in [1.29, 1.82) is 0 Å². The molecule has 0 saturated carbocycles. The summed E-state index contributed by atoms with van der Waals surface area (Å²) in [5, 5.41) is 3.31. The van der Waals surface area contributed by atoms with Crippen molar-refractivity contribution in [2.45, 2.75) is 20.4 Å². The second-order valence-electron chi connectivity index (χ2n) is 6.35. The van der Waals surface area contributed by atoms with Crippen molar-refractivity contribution < 1.29 is 13.9 Å². The first kappa shape index (κ1) is 19.7. The number of amides is 1. The first-order valence-corrected chi connectivity index (χ1v) is 9.66. The topological polar surface area (TPSA) is 83.2 Å².